The van der Waals surface area contributed by atoms with Crippen molar-refractivity contribution in [3.63, 3.8) is 0 Å². The quantitative estimate of drug-likeness (QED) is 0.741. The molecule has 1 aliphatic carbocycles. The van der Waals surface area contributed by atoms with Crippen LogP contribution in [-0.2, 0) is 6.18 Å². The molecule has 1 amide bonds. The number of halogens is 3. The first kappa shape index (κ1) is 21.9. The molecule has 0 bridgehead atoms. The van der Waals surface area contributed by atoms with Gasteiger partial charge >= 0.3 is 6.18 Å². The predicted molar refractivity (Wildman–Crippen MR) is 112 cm³/mol. The molecule has 1 saturated carbocycles. The molecule has 2 atom stereocenters. The van der Waals surface area contributed by atoms with E-state index in [9.17, 15) is 18.0 Å². The zero-order valence-corrected chi connectivity index (χ0v) is 17.4. The second-order valence-electron chi connectivity index (χ2n) is 7.94. The lowest BCUT2D eigenvalue weighted by molar-refractivity contribution is -0.137. The fourth-order valence-electron chi connectivity index (χ4n) is 3.83. The summed E-state index contributed by atoms with van der Waals surface area (Å²) in [6, 6.07) is 6.26. The molecule has 2 N–H and O–H groups in total. The Bertz CT molecular complexity index is 898. The minimum atomic E-state index is -4.48. The van der Waals surface area contributed by atoms with Gasteiger partial charge in [-0.1, -0.05) is 18.9 Å². The fourth-order valence-corrected chi connectivity index (χ4v) is 3.83. The lowest BCUT2D eigenvalue weighted by atomic mass is 9.90. The van der Waals surface area contributed by atoms with E-state index in [2.05, 4.69) is 15.6 Å². The van der Waals surface area contributed by atoms with Crippen LogP contribution in [-0.4, -0.2) is 37.1 Å². The summed E-state index contributed by atoms with van der Waals surface area (Å²) >= 11 is 0. The Morgan fingerprint density at radius 3 is 2.50 bits per heavy atom. The van der Waals surface area contributed by atoms with Gasteiger partial charge in [0.05, 0.1) is 5.56 Å². The van der Waals surface area contributed by atoms with Crippen molar-refractivity contribution in [1.29, 1.82) is 0 Å². The summed E-state index contributed by atoms with van der Waals surface area (Å²) in [5.74, 6) is 0.222. The van der Waals surface area contributed by atoms with Gasteiger partial charge in [0.2, 0.25) is 0 Å². The number of carbonyl (C=O) groups is 1. The molecule has 1 fully saturated rings. The Hall–Kier alpha value is -2.77. The van der Waals surface area contributed by atoms with Crippen LogP contribution < -0.4 is 15.5 Å². The predicted octanol–water partition coefficient (Wildman–Crippen LogP) is 4.63. The molecular formula is C22H27F3N4O. The minimum absolute atomic E-state index is 0.0116. The van der Waals surface area contributed by atoms with Crippen molar-refractivity contribution >= 4 is 17.4 Å². The van der Waals surface area contributed by atoms with Gasteiger partial charge in [0.25, 0.3) is 5.91 Å². The van der Waals surface area contributed by atoms with Crippen LogP contribution in [0.3, 0.4) is 0 Å². The summed E-state index contributed by atoms with van der Waals surface area (Å²) in [5.41, 5.74) is 1.29. The average molecular weight is 420 g/mol. The smallest absolute Gasteiger partial charge is 0.377 e. The molecule has 0 radical (unpaired) electrons. The molecular weight excluding hydrogens is 393 g/mol. The number of carbonyl (C=O) groups excluding carboxylic acids is 1. The van der Waals surface area contributed by atoms with Crippen LogP contribution in [0, 0.1) is 6.92 Å². The molecule has 1 aromatic carbocycles. The van der Waals surface area contributed by atoms with Gasteiger partial charge in [-0.05, 0) is 43.5 Å². The molecule has 2 unspecified atom stereocenters. The highest BCUT2D eigenvalue weighted by atomic mass is 19.4. The van der Waals surface area contributed by atoms with Crippen LogP contribution in [0.1, 0.15) is 47.2 Å². The average Bonchev–Trinajstić information content (AvgIpc) is 2.70. The monoisotopic (exact) mass is 420 g/mol. The Morgan fingerprint density at radius 2 is 1.83 bits per heavy atom. The molecule has 3 rings (SSSR count). The van der Waals surface area contributed by atoms with E-state index in [4.69, 9.17) is 0 Å². The molecule has 0 spiro atoms. The van der Waals surface area contributed by atoms with Gasteiger partial charge in [-0.2, -0.15) is 13.2 Å². The molecule has 0 saturated heterocycles. The largest absolute Gasteiger partial charge is 0.416 e. The van der Waals surface area contributed by atoms with Gasteiger partial charge in [-0.3, -0.25) is 4.79 Å². The van der Waals surface area contributed by atoms with Gasteiger partial charge in [-0.25, -0.2) is 4.98 Å². The SMILES string of the molecule is Cc1cnc(NC2CCCCC2NC(=O)c2cccc(C(F)(F)F)c2)cc1N(C)C. The lowest BCUT2D eigenvalue weighted by Crippen LogP contribution is -2.48. The van der Waals surface area contributed by atoms with E-state index in [1.165, 1.54) is 12.1 Å². The number of benzene rings is 1. The number of amides is 1. The topological polar surface area (TPSA) is 57.3 Å². The van der Waals surface area contributed by atoms with Gasteiger partial charge in [0.15, 0.2) is 0 Å². The number of nitrogens with one attached hydrogen (secondary N) is 2. The van der Waals surface area contributed by atoms with E-state index in [-0.39, 0.29) is 17.6 Å². The van der Waals surface area contributed by atoms with E-state index < -0.39 is 17.6 Å². The first-order chi connectivity index (χ1) is 14.1. The van der Waals surface area contributed by atoms with E-state index in [1.54, 1.807) is 6.20 Å². The van der Waals surface area contributed by atoms with E-state index in [0.29, 0.717) is 0 Å². The van der Waals surface area contributed by atoms with Gasteiger partial charge < -0.3 is 15.5 Å². The first-order valence-electron chi connectivity index (χ1n) is 10.0. The van der Waals surface area contributed by atoms with Crippen molar-refractivity contribution in [1.82, 2.24) is 10.3 Å². The normalized spacial score (nSPS) is 19.3. The van der Waals surface area contributed by atoms with Gasteiger partial charge in [-0.15, -0.1) is 0 Å². The Morgan fingerprint density at radius 1 is 1.13 bits per heavy atom. The maximum atomic E-state index is 13.0. The molecule has 1 aromatic heterocycles. The molecule has 1 aliphatic rings. The number of hydrogen-bond donors (Lipinski definition) is 2. The molecule has 5 nitrogen and oxygen atoms in total. The van der Waals surface area contributed by atoms with Crippen LogP contribution >= 0.6 is 0 Å². The van der Waals surface area contributed by atoms with Crippen LogP contribution in [0.15, 0.2) is 36.5 Å². The van der Waals surface area contributed by atoms with Crippen molar-refractivity contribution in [2.24, 2.45) is 0 Å². The summed E-state index contributed by atoms with van der Waals surface area (Å²) in [6.07, 6.45) is 0.897. The summed E-state index contributed by atoms with van der Waals surface area (Å²) in [7, 11) is 3.93. The number of pyridine rings is 1. The van der Waals surface area contributed by atoms with Crippen molar-refractivity contribution in [2.45, 2.75) is 50.9 Å². The standard InChI is InChI=1S/C22H27F3N4O/c1-14-13-26-20(12-19(14)29(2)3)27-17-9-4-5-10-18(17)28-21(30)15-7-6-8-16(11-15)22(23,24)25/h6-8,11-13,17-18H,4-5,9-10H2,1-3H3,(H,26,27)(H,28,30). The second-order valence-corrected chi connectivity index (χ2v) is 7.94. The fraction of sp³-hybridized carbons (Fsp3) is 0.455. The molecule has 162 valence electrons. The lowest BCUT2D eigenvalue weighted by Gasteiger charge is -2.33. The summed E-state index contributed by atoms with van der Waals surface area (Å²) in [5, 5.41) is 6.34. The highest BCUT2D eigenvalue weighted by Crippen LogP contribution is 2.30. The van der Waals surface area contributed by atoms with Crippen molar-refractivity contribution in [3.05, 3.63) is 53.2 Å². The number of nitrogens with zero attached hydrogens (tertiary/aromatic N) is 2. The third kappa shape index (κ3) is 5.23. The zero-order valence-electron chi connectivity index (χ0n) is 17.4. The van der Waals surface area contributed by atoms with Crippen LogP contribution in [0.4, 0.5) is 24.7 Å². The first-order valence-corrected chi connectivity index (χ1v) is 10.0. The number of rotatable bonds is 5. The van der Waals surface area contributed by atoms with Crippen molar-refractivity contribution in [2.75, 3.05) is 24.3 Å². The number of alkyl halides is 3. The zero-order chi connectivity index (χ0) is 21.9. The molecule has 2 aromatic rings. The van der Waals surface area contributed by atoms with Gasteiger partial charge in [0, 0.05) is 49.7 Å². The third-order valence-electron chi connectivity index (χ3n) is 5.42. The number of hydrogen-bond acceptors (Lipinski definition) is 4. The van der Waals surface area contributed by atoms with E-state index >= 15 is 0 Å². The Labute approximate surface area is 174 Å². The van der Waals surface area contributed by atoms with Crippen LogP contribution in [0.5, 0.6) is 0 Å². The van der Waals surface area contributed by atoms with Crippen molar-refractivity contribution in [3.8, 4) is 0 Å². The maximum absolute atomic E-state index is 13.0. The van der Waals surface area contributed by atoms with Crippen LogP contribution in [0.25, 0.3) is 0 Å². The third-order valence-corrected chi connectivity index (χ3v) is 5.42. The summed E-state index contributed by atoms with van der Waals surface area (Å²) < 4.78 is 38.9. The Balaban J connectivity index is 1.73. The summed E-state index contributed by atoms with van der Waals surface area (Å²) in [4.78, 5) is 19.1. The number of aryl methyl sites for hydroxylation is 1. The second kappa shape index (κ2) is 8.93. The number of anilines is 2. The van der Waals surface area contributed by atoms with E-state index in [0.717, 1.165) is 54.9 Å². The molecule has 8 heteroatoms. The molecule has 30 heavy (non-hydrogen) atoms. The van der Waals surface area contributed by atoms with Crippen LogP contribution in [0.2, 0.25) is 0 Å². The number of aromatic nitrogens is 1. The highest BCUT2D eigenvalue weighted by molar-refractivity contribution is 5.94. The minimum Gasteiger partial charge on any atom is -0.377 e. The van der Waals surface area contributed by atoms with Gasteiger partial charge in [0.1, 0.15) is 5.82 Å². The Kier molecular flexibility index (Phi) is 6.53. The van der Waals surface area contributed by atoms with Crippen molar-refractivity contribution < 1.29 is 18.0 Å². The molecule has 0 aliphatic heterocycles. The molecule has 1 heterocycles. The van der Waals surface area contributed by atoms with E-state index in [1.807, 2.05) is 32.0 Å². The maximum Gasteiger partial charge on any atom is 0.416 e. The highest BCUT2D eigenvalue weighted by Gasteiger charge is 2.32. The summed E-state index contributed by atoms with van der Waals surface area (Å²) in [6.45, 7) is 1.99.